The number of ether oxygens (including phenoxy) is 2. The van der Waals surface area contributed by atoms with Gasteiger partial charge in [0.15, 0.2) is 6.10 Å². The molecular formula is C26H26N2O4. The molecule has 1 atom stereocenters. The quantitative estimate of drug-likeness (QED) is 0.396. The first-order chi connectivity index (χ1) is 15.4. The fourth-order valence-corrected chi connectivity index (χ4v) is 3.90. The fraction of sp³-hybridized carbons (Fsp3) is 0.231. The molecular weight excluding hydrogens is 404 g/mol. The number of rotatable bonds is 7. The number of amides is 1. The summed E-state index contributed by atoms with van der Waals surface area (Å²) in [6.45, 7) is 3.61. The van der Waals surface area contributed by atoms with Crippen LogP contribution < -0.4 is 9.64 Å². The SMILES string of the molecule is CC(=O)O[C@H](COc1ccc(N(C)C(C)=O)cc1)Cn1c2ccccc2c2ccccc21. The lowest BCUT2D eigenvalue weighted by Gasteiger charge is -2.20. The van der Waals surface area contributed by atoms with Gasteiger partial charge in [0.2, 0.25) is 5.91 Å². The largest absolute Gasteiger partial charge is 0.490 e. The summed E-state index contributed by atoms with van der Waals surface area (Å²) in [5, 5.41) is 2.33. The number of benzene rings is 3. The molecule has 0 aliphatic rings. The number of carbonyl (C=O) groups excluding carboxylic acids is 2. The molecule has 1 aromatic heterocycles. The minimum atomic E-state index is -0.466. The van der Waals surface area contributed by atoms with Crippen LogP contribution in [-0.4, -0.2) is 36.2 Å². The van der Waals surface area contributed by atoms with Crippen molar-refractivity contribution >= 4 is 39.4 Å². The van der Waals surface area contributed by atoms with E-state index in [-0.39, 0.29) is 18.5 Å². The van der Waals surface area contributed by atoms with Crippen LogP contribution in [0.15, 0.2) is 72.8 Å². The van der Waals surface area contributed by atoms with Crippen molar-refractivity contribution in [1.29, 1.82) is 0 Å². The monoisotopic (exact) mass is 430 g/mol. The van der Waals surface area contributed by atoms with Crippen molar-refractivity contribution in [2.45, 2.75) is 26.5 Å². The van der Waals surface area contributed by atoms with E-state index in [2.05, 4.69) is 28.8 Å². The first-order valence-electron chi connectivity index (χ1n) is 10.5. The standard InChI is InChI=1S/C26H26N2O4/c1-18(29)27(3)20-12-14-21(15-13-20)31-17-22(32-19(2)30)16-28-25-10-6-4-8-23(25)24-9-5-7-11-26(24)28/h4-15,22H,16-17H2,1-3H3/t22-/m0/s1. The van der Waals surface area contributed by atoms with Crippen LogP contribution in [-0.2, 0) is 20.9 Å². The Labute approximate surface area is 187 Å². The Hall–Kier alpha value is -3.80. The highest BCUT2D eigenvalue weighted by Gasteiger charge is 2.18. The summed E-state index contributed by atoms with van der Waals surface area (Å²) in [7, 11) is 1.72. The number of anilines is 1. The van der Waals surface area contributed by atoms with Gasteiger partial charge < -0.3 is 18.9 Å². The number of para-hydroxylation sites is 2. The lowest BCUT2D eigenvalue weighted by molar-refractivity contribution is -0.148. The third-order valence-corrected chi connectivity index (χ3v) is 5.53. The summed E-state index contributed by atoms with van der Waals surface area (Å²) < 4.78 is 13.7. The molecule has 0 aliphatic heterocycles. The van der Waals surface area contributed by atoms with Crippen LogP contribution in [0, 0.1) is 0 Å². The topological polar surface area (TPSA) is 60.8 Å². The molecule has 0 saturated carbocycles. The van der Waals surface area contributed by atoms with E-state index in [1.165, 1.54) is 13.8 Å². The zero-order valence-corrected chi connectivity index (χ0v) is 18.4. The number of hydrogen-bond acceptors (Lipinski definition) is 4. The van der Waals surface area contributed by atoms with Crippen LogP contribution in [0.5, 0.6) is 5.75 Å². The highest BCUT2D eigenvalue weighted by Crippen LogP contribution is 2.29. The molecule has 32 heavy (non-hydrogen) atoms. The minimum Gasteiger partial charge on any atom is -0.490 e. The second kappa shape index (κ2) is 9.14. The average molecular weight is 431 g/mol. The molecule has 0 unspecified atom stereocenters. The number of carbonyl (C=O) groups is 2. The van der Waals surface area contributed by atoms with Gasteiger partial charge in [0.1, 0.15) is 12.4 Å². The molecule has 0 aliphatic carbocycles. The van der Waals surface area contributed by atoms with Gasteiger partial charge in [-0.2, -0.15) is 0 Å². The Kier molecular flexibility index (Phi) is 6.12. The number of fused-ring (bicyclic) bond motifs is 3. The van der Waals surface area contributed by atoms with Crippen molar-refractivity contribution in [3.8, 4) is 5.75 Å². The molecule has 0 N–H and O–H groups in total. The first-order valence-corrected chi connectivity index (χ1v) is 10.5. The molecule has 0 fully saturated rings. The summed E-state index contributed by atoms with van der Waals surface area (Å²) in [5.74, 6) is 0.252. The molecule has 4 rings (SSSR count). The van der Waals surface area contributed by atoms with Crippen LogP contribution in [0.2, 0.25) is 0 Å². The predicted molar refractivity (Wildman–Crippen MR) is 126 cm³/mol. The number of hydrogen-bond donors (Lipinski definition) is 0. The molecule has 0 saturated heterocycles. The van der Waals surface area contributed by atoms with Crippen molar-refractivity contribution < 1.29 is 19.1 Å². The van der Waals surface area contributed by atoms with E-state index < -0.39 is 6.10 Å². The van der Waals surface area contributed by atoms with E-state index in [4.69, 9.17) is 9.47 Å². The van der Waals surface area contributed by atoms with Gasteiger partial charge in [0.05, 0.1) is 6.54 Å². The van der Waals surface area contributed by atoms with Crippen molar-refractivity contribution in [1.82, 2.24) is 4.57 Å². The molecule has 1 amide bonds. The Balaban J connectivity index is 1.56. The predicted octanol–water partition coefficient (Wildman–Crippen LogP) is 4.79. The molecule has 6 heteroatoms. The van der Waals surface area contributed by atoms with Gasteiger partial charge in [-0.15, -0.1) is 0 Å². The van der Waals surface area contributed by atoms with E-state index in [9.17, 15) is 9.59 Å². The van der Waals surface area contributed by atoms with Gasteiger partial charge >= 0.3 is 5.97 Å². The van der Waals surface area contributed by atoms with Gasteiger partial charge in [0, 0.05) is 48.4 Å². The Morgan fingerprint density at radius 1 is 0.875 bits per heavy atom. The third kappa shape index (κ3) is 4.44. The molecule has 1 heterocycles. The average Bonchev–Trinajstić information content (AvgIpc) is 3.11. The van der Waals surface area contributed by atoms with Gasteiger partial charge in [-0.25, -0.2) is 0 Å². The second-order valence-corrected chi connectivity index (χ2v) is 7.76. The molecule has 6 nitrogen and oxygen atoms in total. The first kappa shape index (κ1) is 21.4. The van der Waals surface area contributed by atoms with Crippen molar-refractivity contribution in [2.24, 2.45) is 0 Å². The van der Waals surface area contributed by atoms with Gasteiger partial charge in [-0.1, -0.05) is 36.4 Å². The Morgan fingerprint density at radius 2 is 1.44 bits per heavy atom. The van der Waals surface area contributed by atoms with Crippen LogP contribution in [0.3, 0.4) is 0 Å². The molecule has 0 spiro atoms. The van der Waals surface area contributed by atoms with Crippen molar-refractivity contribution in [2.75, 3.05) is 18.6 Å². The van der Waals surface area contributed by atoms with Gasteiger partial charge in [-0.05, 0) is 36.4 Å². The molecule has 4 aromatic rings. The highest BCUT2D eigenvalue weighted by molar-refractivity contribution is 6.07. The van der Waals surface area contributed by atoms with Crippen LogP contribution in [0.1, 0.15) is 13.8 Å². The van der Waals surface area contributed by atoms with Gasteiger partial charge in [-0.3, -0.25) is 9.59 Å². The van der Waals surface area contributed by atoms with E-state index in [0.717, 1.165) is 27.5 Å². The summed E-state index contributed by atoms with van der Waals surface area (Å²) in [4.78, 5) is 24.9. The smallest absolute Gasteiger partial charge is 0.303 e. The maximum atomic E-state index is 11.8. The summed E-state index contributed by atoms with van der Waals surface area (Å²) in [5.41, 5.74) is 2.96. The lowest BCUT2D eigenvalue weighted by atomic mass is 10.2. The fourth-order valence-electron chi connectivity index (χ4n) is 3.90. The lowest BCUT2D eigenvalue weighted by Crippen LogP contribution is -2.29. The summed E-state index contributed by atoms with van der Waals surface area (Å²) in [6.07, 6.45) is -0.466. The zero-order chi connectivity index (χ0) is 22.7. The van der Waals surface area contributed by atoms with Gasteiger partial charge in [0.25, 0.3) is 0 Å². The summed E-state index contributed by atoms with van der Waals surface area (Å²) >= 11 is 0. The van der Waals surface area contributed by atoms with E-state index >= 15 is 0 Å². The van der Waals surface area contributed by atoms with Crippen LogP contribution >= 0.6 is 0 Å². The zero-order valence-electron chi connectivity index (χ0n) is 18.4. The van der Waals surface area contributed by atoms with E-state index in [1.54, 1.807) is 24.1 Å². The van der Waals surface area contributed by atoms with Crippen LogP contribution in [0.4, 0.5) is 5.69 Å². The van der Waals surface area contributed by atoms with Crippen LogP contribution in [0.25, 0.3) is 21.8 Å². The number of esters is 1. The highest BCUT2D eigenvalue weighted by atomic mass is 16.6. The van der Waals surface area contributed by atoms with Crippen molar-refractivity contribution in [3.05, 3.63) is 72.8 Å². The Morgan fingerprint density at radius 3 is 1.97 bits per heavy atom. The molecule has 0 radical (unpaired) electrons. The Bertz CT molecular complexity index is 1210. The minimum absolute atomic E-state index is 0.0419. The molecule has 164 valence electrons. The van der Waals surface area contributed by atoms with E-state index in [1.807, 2.05) is 36.4 Å². The molecule has 3 aromatic carbocycles. The summed E-state index contributed by atoms with van der Waals surface area (Å²) in [6, 6.07) is 23.7. The maximum absolute atomic E-state index is 11.8. The number of aromatic nitrogens is 1. The molecule has 0 bridgehead atoms. The third-order valence-electron chi connectivity index (χ3n) is 5.53. The normalized spacial score (nSPS) is 12.0. The maximum Gasteiger partial charge on any atom is 0.303 e. The number of nitrogens with zero attached hydrogens (tertiary/aromatic N) is 2. The van der Waals surface area contributed by atoms with Crippen molar-refractivity contribution in [3.63, 3.8) is 0 Å². The van der Waals surface area contributed by atoms with E-state index in [0.29, 0.717) is 12.3 Å². The second-order valence-electron chi connectivity index (χ2n) is 7.76.